The molecule has 1 aromatic heterocycles. The van der Waals surface area contributed by atoms with Gasteiger partial charge in [0.1, 0.15) is 5.01 Å². The van der Waals surface area contributed by atoms with Gasteiger partial charge in [-0.3, -0.25) is 4.79 Å². The van der Waals surface area contributed by atoms with Crippen LogP contribution in [-0.4, -0.2) is 37.6 Å². The molecule has 1 aromatic carbocycles. The first-order chi connectivity index (χ1) is 11.0. The number of nitrogens with zero attached hydrogens (tertiary/aromatic N) is 1. The monoisotopic (exact) mass is 351 g/mol. The summed E-state index contributed by atoms with van der Waals surface area (Å²) >= 11 is 1.39. The number of aromatic nitrogens is 1. The molecule has 1 atom stereocenters. The smallest absolute Gasteiger partial charge is 0.248 e. The Morgan fingerprint density at radius 2 is 2.09 bits per heavy atom. The number of carbonyl (C=O) groups is 1. The highest BCUT2D eigenvalue weighted by molar-refractivity contribution is 7.91. The molecule has 1 aliphatic rings. The molecule has 1 saturated heterocycles. The van der Waals surface area contributed by atoms with Crippen molar-refractivity contribution >= 4 is 27.1 Å². The van der Waals surface area contributed by atoms with Gasteiger partial charge in [0.25, 0.3) is 0 Å². The van der Waals surface area contributed by atoms with Gasteiger partial charge in [0, 0.05) is 23.1 Å². The van der Waals surface area contributed by atoms with Crippen molar-refractivity contribution in [3.63, 3.8) is 0 Å². The molecule has 2 aromatic rings. The summed E-state index contributed by atoms with van der Waals surface area (Å²) in [7, 11) is -3.18. The van der Waals surface area contributed by atoms with E-state index in [4.69, 9.17) is 5.73 Å². The number of carbonyl (C=O) groups excluding carboxylic acids is 1. The van der Waals surface area contributed by atoms with Gasteiger partial charge in [0.2, 0.25) is 5.91 Å². The average molecular weight is 351 g/mol. The van der Waals surface area contributed by atoms with Gasteiger partial charge < -0.3 is 11.1 Å². The second-order valence-electron chi connectivity index (χ2n) is 5.51. The fraction of sp³-hybridized carbons (Fsp3) is 0.333. The zero-order valence-electron chi connectivity index (χ0n) is 12.4. The van der Waals surface area contributed by atoms with Gasteiger partial charge in [-0.05, 0) is 25.1 Å². The highest BCUT2D eigenvalue weighted by Crippen LogP contribution is 2.26. The van der Waals surface area contributed by atoms with Gasteiger partial charge in [0.15, 0.2) is 9.84 Å². The molecule has 23 heavy (non-hydrogen) atoms. The minimum Gasteiger partial charge on any atom is -0.366 e. The molecular formula is C15H17N3O3S2. The van der Waals surface area contributed by atoms with Crippen LogP contribution in [-0.2, 0) is 15.6 Å². The quantitative estimate of drug-likeness (QED) is 0.842. The first-order valence-corrected chi connectivity index (χ1v) is 9.82. The fourth-order valence-corrected chi connectivity index (χ4v) is 5.12. The number of primary amides is 1. The highest BCUT2D eigenvalue weighted by atomic mass is 32.2. The predicted molar refractivity (Wildman–Crippen MR) is 90.0 cm³/mol. The minimum absolute atomic E-state index is 0.0325. The van der Waals surface area contributed by atoms with Crippen LogP contribution in [0.3, 0.4) is 0 Å². The molecule has 1 aliphatic heterocycles. The van der Waals surface area contributed by atoms with E-state index in [1.807, 2.05) is 0 Å². The second kappa shape index (κ2) is 6.38. The molecule has 1 unspecified atom stereocenters. The molecule has 8 heteroatoms. The van der Waals surface area contributed by atoms with E-state index in [1.54, 1.807) is 29.6 Å². The SMILES string of the molecule is NC(=O)c1ccc(-c2nc(CS(=O)(=O)C3CCNC3)cs2)cc1. The average Bonchev–Trinajstić information content (AvgIpc) is 3.18. The van der Waals surface area contributed by atoms with Crippen LogP contribution in [0.1, 0.15) is 22.5 Å². The summed E-state index contributed by atoms with van der Waals surface area (Å²) in [5.41, 5.74) is 7.05. The Labute approximate surface area is 138 Å². The Morgan fingerprint density at radius 1 is 1.35 bits per heavy atom. The molecule has 1 amide bonds. The maximum Gasteiger partial charge on any atom is 0.248 e. The lowest BCUT2D eigenvalue weighted by atomic mass is 10.1. The molecule has 3 N–H and O–H groups in total. The van der Waals surface area contributed by atoms with E-state index in [2.05, 4.69) is 10.3 Å². The Bertz CT molecular complexity index is 807. The maximum absolute atomic E-state index is 12.3. The zero-order chi connectivity index (χ0) is 16.4. The Kier molecular flexibility index (Phi) is 4.47. The van der Waals surface area contributed by atoms with E-state index in [0.29, 0.717) is 24.2 Å². The van der Waals surface area contributed by atoms with Crippen molar-refractivity contribution in [2.75, 3.05) is 13.1 Å². The molecule has 0 radical (unpaired) electrons. The van der Waals surface area contributed by atoms with Gasteiger partial charge in [-0.25, -0.2) is 13.4 Å². The largest absolute Gasteiger partial charge is 0.366 e. The van der Waals surface area contributed by atoms with Crippen molar-refractivity contribution < 1.29 is 13.2 Å². The number of nitrogens with one attached hydrogen (secondary N) is 1. The van der Waals surface area contributed by atoms with E-state index in [1.165, 1.54) is 11.3 Å². The first kappa shape index (κ1) is 16.1. The van der Waals surface area contributed by atoms with Crippen molar-refractivity contribution in [3.05, 3.63) is 40.9 Å². The summed E-state index contributed by atoms with van der Waals surface area (Å²) in [4.78, 5) is 15.5. The summed E-state index contributed by atoms with van der Waals surface area (Å²) < 4.78 is 24.7. The molecular weight excluding hydrogens is 334 g/mol. The van der Waals surface area contributed by atoms with Crippen molar-refractivity contribution in [2.45, 2.75) is 17.4 Å². The van der Waals surface area contributed by atoms with Crippen molar-refractivity contribution in [1.29, 1.82) is 0 Å². The fourth-order valence-electron chi connectivity index (χ4n) is 2.54. The van der Waals surface area contributed by atoms with Crippen LogP contribution < -0.4 is 11.1 Å². The maximum atomic E-state index is 12.3. The van der Waals surface area contributed by atoms with Crippen LogP contribution in [0.4, 0.5) is 0 Å². The van der Waals surface area contributed by atoms with E-state index in [0.717, 1.165) is 17.1 Å². The third-order valence-electron chi connectivity index (χ3n) is 3.84. The lowest BCUT2D eigenvalue weighted by Crippen LogP contribution is -2.25. The van der Waals surface area contributed by atoms with Gasteiger partial charge in [0.05, 0.1) is 16.7 Å². The number of thiazole rings is 1. The standard InChI is InChI=1S/C15H17N3O3S2/c16-14(19)10-1-3-11(4-2-10)15-18-12(8-22-15)9-23(20,21)13-5-6-17-7-13/h1-4,8,13,17H,5-7,9H2,(H2,16,19). The Hall–Kier alpha value is -1.77. The van der Waals surface area contributed by atoms with Crippen molar-refractivity contribution in [3.8, 4) is 10.6 Å². The minimum atomic E-state index is -3.18. The lowest BCUT2D eigenvalue weighted by molar-refractivity contribution is 0.100. The Balaban J connectivity index is 1.76. The molecule has 122 valence electrons. The van der Waals surface area contributed by atoms with Crippen molar-refractivity contribution in [2.24, 2.45) is 5.73 Å². The highest BCUT2D eigenvalue weighted by Gasteiger charge is 2.29. The normalized spacial score (nSPS) is 18.2. The summed E-state index contributed by atoms with van der Waals surface area (Å²) in [6, 6.07) is 6.80. The number of hydrogen-bond donors (Lipinski definition) is 2. The van der Waals surface area contributed by atoms with E-state index < -0.39 is 15.7 Å². The number of nitrogens with two attached hydrogens (primary N) is 1. The van der Waals surface area contributed by atoms with Crippen LogP contribution in [0, 0.1) is 0 Å². The third kappa shape index (κ3) is 3.60. The lowest BCUT2D eigenvalue weighted by Gasteiger charge is -2.08. The topological polar surface area (TPSA) is 102 Å². The van der Waals surface area contributed by atoms with E-state index in [-0.39, 0.29) is 11.0 Å². The van der Waals surface area contributed by atoms with E-state index in [9.17, 15) is 13.2 Å². The summed E-state index contributed by atoms with van der Waals surface area (Å²) in [6.07, 6.45) is 0.661. The third-order valence-corrected chi connectivity index (χ3v) is 6.90. The van der Waals surface area contributed by atoms with E-state index >= 15 is 0 Å². The predicted octanol–water partition coefficient (Wildman–Crippen LogP) is 1.19. The number of amides is 1. The molecule has 0 bridgehead atoms. The number of sulfone groups is 1. The molecule has 0 saturated carbocycles. The summed E-state index contributed by atoms with van der Waals surface area (Å²) in [6.45, 7) is 1.27. The molecule has 6 nitrogen and oxygen atoms in total. The molecule has 1 fully saturated rings. The number of rotatable bonds is 5. The number of benzene rings is 1. The Morgan fingerprint density at radius 3 is 2.70 bits per heavy atom. The van der Waals surface area contributed by atoms with Crippen LogP contribution in [0.2, 0.25) is 0 Å². The zero-order valence-corrected chi connectivity index (χ0v) is 14.0. The van der Waals surface area contributed by atoms with Gasteiger partial charge >= 0.3 is 0 Å². The molecule has 3 rings (SSSR count). The molecule has 0 spiro atoms. The first-order valence-electron chi connectivity index (χ1n) is 7.22. The van der Waals surface area contributed by atoms with Crippen LogP contribution in [0.15, 0.2) is 29.6 Å². The van der Waals surface area contributed by atoms with Crippen LogP contribution in [0.25, 0.3) is 10.6 Å². The van der Waals surface area contributed by atoms with Gasteiger partial charge in [-0.1, -0.05) is 12.1 Å². The van der Waals surface area contributed by atoms with Gasteiger partial charge in [-0.2, -0.15) is 0 Å². The van der Waals surface area contributed by atoms with Gasteiger partial charge in [-0.15, -0.1) is 11.3 Å². The second-order valence-corrected chi connectivity index (χ2v) is 8.65. The molecule has 0 aliphatic carbocycles. The molecule has 2 heterocycles. The number of hydrogen-bond acceptors (Lipinski definition) is 6. The summed E-state index contributed by atoms with van der Waals surface area (Å²) in [5.74, 6) is -0.512. The van der Waals surface area contributed by atoms with Crippen LogP contribution in [0.5, 0.6) is 0 Å². The summed E-state index contributed by atoms with van der Waals surface area (Å²) in [5, 5.41) is 5.27. The van der Waals surface area contributed by atoms with Crippen LogP contribution >= 0.6 is 11.3 Å². The van der Waals surface area contributed by atoms with Crippen molar-refractivity contribution in [1.82, 2.24) is 10.3 Å².